The van der Waals surface area contributed by atoms with Crippen LogP contribution in [0, 0.1) is 0 Å². The third kappa shape index (κ3) is 7.86. The van der Waals surface area contributed by atoms with E-state index in [1.165, 1.54) is 6.08 Å². The van der Waals surface area contributed by atoms with E-state index in [9.17, 15) is 9.59 Å². The van der Waals surface area contributed by atoms with Crippen LogP contribution in [0.25, 0.3) is 0 Å². The zero-order chi connectivity index (χ0) is 17.3. The average Bonchev–Trinajstić information content (AvgIpc) is 2.44. The van der Waals surface area contributed by atoms with Gasteiger partial charge in [0.05, 0.1) is 5.54 Å². The van der Waals surface area contributed by atoms with Crippen molar-refractivity contribution >= 4 is 12.0 Å². The molecule has 1 aliphatic rings. The molecular weight excluding hydrogens is 292 g/mol. The van der Waals surface area contributed by atoms with E-state index in [0.29, 0.717) is 6.54 Å². The van der Waals surface area contributed by atoms with Crippen molar-refractivity contribution in [2.45, 2.75) is 70.9 Å². The van der Waals surface area contributed by atoms with E-state index in [1.54, 1.807) is 12.2 Å². The molecule has 0 heterocycles. The van der Waals surface area contributed by atoms with Crippen LogP contribution in [0.1, 0.15) is 59.8 Å². The summed E-state index contributed by atoms with van der Waals surface area (Å²) in [6.45, 7) is 7.84. The quantitative estimate of drug-likeness (QED) is 0.601. The molecule has 5 nitrogen and oxygen atoms in total. The number of hydrogen-bond donors (Lipinski definition) is 2. The van der Waals surface area contributed by atoms with Gasteiger partial charge in [0.2, 0.25) is 5.91 Å². The van der Waals surface area contributed by atoms with Crippen molar-refractivity contribution in [3.05, 3.63) is 24.3 Å². The van der Waals surface area contributed by atoms with Gasteiger partial charge >= 0.3 is 6.09 Å². The van der Waals surface area contributed by atoms with Gasteiger partial charge in [-0.3, -0.25) is 4.79 Å². The van der Waals surface area contributed by atoms with Gasteiger partial charge in [0.15, 0.2) is 0 Å². The Morgan fingerprint density at radius 3 is 2.35 bits per heavy atom. The first kappa shape index (κ1) is 19.3. The second-order valence-corrected chi connectivity index (χ2v) is 7.07. The molecule has 1 rings (SSSR count). The molecule has 0 aromatic heterocycles. The van der Waals surface area contributed by atoms with Crippen molar-refractivity contribution in [2.24, 2.45) is 0 Å². The van der Waals surface area contributed by atoms with Crippen LogP contribution in [0.5, 0.6) is 0 Å². The molecule has 0 aliphatic heterocycles. The fraction of sp³-hybridized carbons (Fsp3) is 0.667. The van der Waals surface area contributed by atoms with Crippen LogP contribution in [-0.2, 0) is 9.53 Å². The van der Waals surface area contributed by atoms with Crippen LogP contribution in [0.3, 0.4) is 0 Å². The number of ether oxygens (including phenoxy) is 1. The van der Waals surface area contributed by atoms with E-state index in [4.69, 9.17) is 4.74 Å². The first-order valence-electron chi connectivity index (χ1n) is 8.35. The van der Waals surface area contributed by atoms with Gasteiger partial charge in [0.25, 0.3) is 0 Å². The van der Waals surface area contributed by atoms with Gasteiger partial charge in [-0.15, -0.1) is 0 Å². The van der Waals surface area contributed by atoms with E-state index in [-0.39, 0.29) is 5.91 Å². The predicted octanol–water partition coefficient (Wildman–Crippen LogP) is 3.46. The summed E-state index contributed by atoms with van der Waals surface area (Å²) in [5, 5.41) is 5.89. The highest BCUT2D eigenvalue weighted by Gasteiger charge is 2.35. The molecule has 5 heteroatoms. The second kappa shape index (κ2) is 8.75. The summed E-state index contributed by atoms with van der Waals surface area (Å²) in [6, 6.07) is 0. The fourth-order valence-electron chi connectivity index (χ4n) is 2.66. The van der Waals surface area contributed by atoms with E-state index < -0.39 is 17.2 Å². The lowest BCUT2D eigenvalue weighted by Gasteiger charge is -2.38. The lowest BCUT2D eigenvalue weighted by Crippen LogP contribution is -2.57. The summed E-state index contributed by atoms with van der Waals surface area (Å²) in [6.07, 6.45) is 11.4. The van der Waals surface area contributed by atoms with Crippen LogP contribution in [0.15, 0.2) is 24.3 Å². The minimum absolute atomic E-state index is 0.154. The third-order valence-electron chi connectivity index (χ3n) is 3.73. The van der Waals surface area contributed by atoms with Gasteiger partial charge in [-0.2, -0.15) is 0 Å². The van der Waals surface area contributed by atoms with E-state index in [1.807, 2.05) is 33.8 Å². The molecular formula is C18H30N2O3. The number of allylic oxidation sites excluding steroid dienone is 3. The molecule has 2 N–H and O–H groups in total. The smallest absolute Gasteiger partial charge is 0.408 e. The van der Waals surface area contributed by atoms with E-state index in [0.717, 1.165) is 32.1 Å². The number of nitrogens with one attached hydrogen (secondary N) is 2. The molecule has 0 bridgehead atoms. The maximum Gasteiger partial charge on any atom is 0.408 e. The lowest BCUT2D eigenvalue weighted by molar-refractivity contribution is -0.116. The summed E-state index contributed by atoms with van der Waals surface area (Å²) in [7, 11) is 0. The number of carbonyl (C=O) groups is 2. The number of rotatable bonds is 5. The molecule has 1 aliphatic carbocycles. The number of alkyl carbamates (subject to hydrolysis) is 1. The van der Waals surface area contributed by atoms with Gasteiger partial charge in [0, 0.05) is 12.6 Å². The largest absolute Gasteiger partial charge is 0.444 e. The van der Waals surface area contributed by atoms with Crippen LogP contribution in [-0.4, -0.2) is 29.7 Å². The average molecular weight is 322 g/mol. The molecule has 0 unspecified atom stereocenters. The third-order valence-corrected chi connectivity index (χ3v) is 3.73. The Morgan fingerprint density at radius 1 is 1.13 bits per heavy atom. The minimum Gasteiger partial charge on any atom is -0.444 e. The van der Waals surface area contributed by atoms with Gasteiger partial charge in [-0.1, -0.05) is 37.5 Å². The molecule has 0 radical (unpaired) electrons. The maximum absolute atomic E-state index is 12.1. The van der Waals surface area contributed by atoms with Crippen molar-refractivity contribution < 1.29 is 14.3 Å². The molecule has 0 atom stereocenters. The summed E-state index contributed by atoms with van der Waals surface area (Å²) >= 11 is 0. The van der Waals surface area contributed by atoms with Crippen molar-refractivity contribution in [3.63, 3.8) is 0 Å². The summed E-state index contributed by atoms with van der Waals surface area (Å²) in [5.74, 6) is -0.154. The van der Waals surface area contributed by atoms with E-state index >= 15 is 0 Å². The number of hydrogen-bond acceptors (Lipinski definition) is 3. The molecule has 0 spiro atoms. The van der Waals surface area contributed by atoms with Crippen molar-refractivity contribution in [3.8, 4) is 0 Å². The zero-order valence-corrected chi connectivity index (χ0v) is 14.8. The summed E-state index contributed by atoms with van der Waals surface area (Å²) < 4.78 is 5.37. The van der Waals surface area contributed by atoms with Crippen molar-refractivity contribution in [2.75, 3.05) is 6.54 Å². The van der Waals surface area contributed by atoms with Gasteiger partial charge in [-0.05, 0) is 40.5 Å². The fourth-order valence-corrected chi connectivity index (χ4v) is 2.66. The SMILES string of the molecule is C/C=C/C=C/C(=O)NCC1(NC(=O)OC(C)(C)C)CCCCC1. The van der Waals surface area contributed by atoms with Gasteiger partial charge in [0.1, 0.15) is 5.60 Å². The Kier molecular flexibility index (Phi) is 7.33. The number of amides is 2. The number of carbonyl (C=O) groups excluding carboxylic acids is 2. The summed E-state index contributed by atoms with van der Waals surface area (Å²) in [5.41, 5.74) is -0.941. The Balaban J connectivity index is 2.64. The van der Waals surface area contributed by atoms with Crippen LogP contribution < -0.4 is 10.6 Å². The highest BCUT2D eigenvalue weighted by atomic mass is 16.6. The lowest BCUT2D eigenvalue weighted by atomic mass is 9.81. The van der Waals surface area contributed by atoms with Crippen LogP contribution in [0.4, 0.5) is 4.79 Å². The molecule has 130 valence electrons. The Labute approximate surface area is 139 Å². The Bertz CT molecular complexity index is 455. The molecule has 0 aromatic rings. The highest BCUT2D eigenvalue weighted by molar-refractivity contribution is 5.87. The Hall–Kier alpha value is -1.78. The summed E-state index contributed by atoms with van der Waals surface area (Å²) in [4.78, 5) is 24.0. The normalized spacial score (nSPS) is 18.1. The first-order chi connectivity index (χ1) is 10.8. The Morgan fingerprint density at radius 2 is 1.78 bits per heavy atom. The zero-order valence-electron chi connectivity index (χ0n) is 14.8. The van der Waals surface area contributed by atoms with E-state index in [2.05, 4.69) is 10.6 Å². The molecule has 2 amide bonds. The first-order valence-corrected chi connectivity index (χ1v) is 8.35. The minimum atomic E-state index is -0.529. The standard InChI is InChI=1S/C18H30N2O3/c1-5-6-8-11-15(21)19-14-18(12-9-7-10-13-18)20-16(22)23-17(2,3)4/h5-6,8,11H,7,9-10,12-14H2,1-4H3,(H,19,21)(H,20,22)/b6-5+,11-8+. The molecule has 0 saturated heterocycles. The van der Waals surface area contributed by atoms with Gasteiger partial charge in [-0.25, -0.2) is 4.79 Å². The maximum atomic E-state index is 12.1. The van der Waals surface area contributed by atoms with Crippen molar-refractivity contribution in [1.82, 2.24) is 10.6 Å². The predicted molar refractivity (Wildman–Crippen MR) is 92.1 cm³/mol. The molecule has 0 aromatic carbocycles. The van der Waals surface area contributed by atoms with Crippen LogP contribution >= 0.6 is 0 Å². The molecule has 1 saturated carbocycles. The second-order valence-electron chi connectivity index (χ2n) is 7.07. The van der Waals surface area contributed by atoms with Crippen molar-refractivity contribution in [1.29, 1.82) is 0 Å². The monoisotopic (exact) mass is 322 g/mol. The molecule has 1 fully saturated rings. The highest BCUT2D eigenvalue weighted by Crippen LogP contribution is 2.28. The molecule has 23 heavy (non-hydrogen) atoms. The van der Waals surface area contributed by atoms with Gasteiger partial charge < -0.3 is 15.4 Å². The van der Waals surface area contributed by atoms with Crippen LogP contribution in [0.2, 0.25) is 0 Å². The topological polar surface area (TPSA) is 67.4 Å².